The molecule has 5 nitrogen and oxygen atoms in total. The number of ether oxygens (including phenoxy) is 3. The standard InChI is InChI=1S/C15H8F23NO4/c1-2-3-39-4(40)5(16,9(21,22)23)41-14(35,36)7(19,11(27,28)29)43-15(37,38)8(20,12(30,31)32)42-13(33,34)6(17,18)10(24,25)26/h2-3H2,1H3,(H,39,40). The summed E-state index contributed by atoms with van der Waals surface area (Å²) in [5, 5.41) is 0.677. The largest absolute Gasteiger partial charge is 0.462 e. The lowest BCUT2D eigenvalue weighted by Gasteiger charge is -2.42. The van der Waals surface area contributed by atoms with Crippen molar-refractivity contribution in [3.8, 4) is 0 Å². The number of halogens is 23. The molecule has 0 fully saturated rings. The molecule has 0 heterocycles. The lowest BCUT2D eigenvalue weighted by atomic mass is 10.2. The van der Waals surface area contributed by atoms with Crippen LogP contribution in [-0.4, -0.2) is 79.0 Å². The van der Waals surface area contributed by atoms with E-state index < -0.39 is 85.4 Å². The second kappa shape index (κ2) is 11.3. The quantitative estimate of drug-likeness (QED) is 0.218. The van der Waals surface area contributed by atoms with Crippen molar-refractivity contribution in [3.63, 3.8) is 0 Å². The average Bonchev–Trinajstić information content (AvgIpc) is 2.72. The molecule has 0 aliphatic carbocycles. The predicted molar refractivity (Wildman–Crippen MR) is 82.1 cm³/mol. The monoisotopic (exact) mass is 703 g/mol. The molecule has 0 bridgehead atoms. The second-order valence-corrected chi connectivity index (χ2v) is 7.46. The molecular weight excluding hydrogens is 695 g/mol. The minimum atomic E-state index is -8.73. The van der Waals surface area contributed by atoms with Crippen molar-refractivity contribution in [2.75, 3.05) is 6.54 Å². The molecule has 3 atom stereocenters. The molecule has 0 aromatic heterocycles. The highest BCUT2D eigenvalue weighted by Crippen LogP contribution is 2.59. The maximum absolute atomic E-state index is 14.3. The molecule has 43 heavy (non-hydrogen) atoms. The van der Waals surface area contributed by atoms with E-state index in [1.54, 1.807) is 4.74 Å². The Kier molecular flexibility index (Phi) is 10.7. The fourth-order valence-electron chi connectivity index (χ4n) is 2.04. The van der Waals surface area contributed by atoms with Crippen LogP contribution in [0.1, 0.15) is 13.3 Å². The molecule has 0 rings (SSSR count). The summed E-state index contributed by atoms with van der Waals surface area (Å²) < 4.78 is 307. The molecule has 0 saturated carbocycles. The Bertz CT molecular complexity index is 985. The summed E-state index contributed by atoms with van der Waals surface area (Å²) in [7, 11) is 0. The van der Waals surface area contributed by atoms with Gasteiger partial charge in [-0.15, -0.1) is 0 Å². The Morgan fingerprint density at radius 3 is 1.09 bits per heavy atom. The zero-order valence-electron chi connectivity index (χ0n) is 19.2. The molecule has 258 valence electrons. The third kappa shape index (κ3) is 7.19. The molecule has 1 N–H and O–H groups in total. The van der Waals surface area contributed by atoms with Crippen molar-refractivity contribution < 1.29 is 120 Å². The highest BCUT2D eigenvalue weighted by Gasteiger charge is 2.88. The Labute approximate surface area is 219 Å². The van der Waals surface area contributed by atoms with Gasteiger partial charge < -0.3 is 5.32 Å². The fraction of sp³-hybridized carbons (Fsp3) is 0.933. The van der Waals surface area contributed by atoms with E-state index in [9.17, 15) is 106 Å². The third-order valence-electron chi connectivity index (χ3n) is 4.20. The van der Waals surface area contributed by atoms with Crippen molar-refractivity contribution in [3.05, 3.63) is 0 Å². The number of hydrogen-bond donors (Lipinski definition) is 1. The van der Waals surface area contributed by atoms with E-state index in [4.69, 9.17) is 0 Å². The van der Waals surface area contributed by atoms with Gasteiger partial charge in [-0.3, -0.25) is 19.0 Å². The summed E-state index contributed by atoms with van der Waals surface area (Å²) in [6.07, 6.45) is -57.9. The van der Waals surface area contributed by atoms with Gasteiger partial charge in [0.2, 0.25) is 0 Å². The van der Waals surface area contributed by atoms with Crippen molar-refractivity contribution in [2.45, 2.75) is 79.9 Å². The number of hydrogen-bond acceptors (Lipinski definition) is 4. The van der Waals surface area contributed by atoms with Gasteiger partial charge in [-0.1, -0.05) is 6.92 Å². The highest BCUT2D eigenvalue weighted by atomic mass is 19.4. The minimum absolute atomic E-state index is 0.547. The van der Waals surface area contributed by atoms with Crippen LogP contribution < -0.4 is 5.32 Å². The van der Waals surface area contributed by atoms with Gasteiger partial charge in [-0.25, -0.2) is 0 Å². The second-order valence-electron chi connectivity index (χ2n) is 7.46. The van der Waals surface area contributed by atoms with Crippen molar-refractivity contribution in [1.82, 2.24) is 5.32 Å². The van der Waals surface area contributed by atoms with Gasteiger partial charge in [0.15, 0.2) is 0 Å². The van der Waals surface area contributed by atoms with Gasteiger partial charge in [0.05, 0.1) is 0 Å². The van der Waals surface area contributed by atoms with E-state index in [1.807, 2.05) is 0 Å². The fourth-order valence-corrected chi connectivity index (χ4v) is 2.04. The van der Waals surface area contributed by atoms with E-state index in [-0.39, 0.29) is 0 Å². The Morgan fingerprint density at radius 2 is 0.814 bits per heavy atom. The number of carbonyl (C=O) groups is 1. The van der Waals surface area contributed by atoms with Gasteiger partial charge in [0.25, 0.3) is 5.91 Å². The Hall–Kier alpha value is -2.26. The van der Waals surface area contributed by atoms with Crippen molar-refractivity contribution in [1.29, 1.82) is 0 Å². The predicted octanol–water partition coefficient (Wildman–Crippen LogP) is 7.22. The van der Waals surface area contributed by atoms with Crippen LogP contribution in [0.3, 0.4) is 0 Å². The van der Waals surface area contributed by atoms with Gasteiger partial charge in [-0.2, -0.15) is 101 Å². The summed E-state index contributed by atoms with van der Waals surface area (Å²) in [6.45, 7) is -0.274. The molecule has 0 aliphatic rings. The van der Waals surface area contributed by atoms with E-state index in [0.29, 0.717) is 5.32 Å². The Balaban J connectivity index is 7.28. The Morgan fingerprint density at radius 1 is 0.488 bits per heavy atom. The zero-order chi connectivity index (χ0) is 35.3. The number of carbonyl (C=O) groups excluding carboxylic acids is 1. The van der Waals surface area contributed by atoms with E-state index in [1.165, 1.54) is 0 Å². The van der Waals surface area contributed by atoms with E-state index in [2.05, 4.69) is 0 Å². The first kappa shape index (κ1) is 40.7. The molecule has 0 aromatic rings. The highest BCUT2D eigenvalue weighted by molar-refractivity contribution is 5.84. The summed E-state index contributed by atoms with van der Waals surface area (Å²) >= 11 is 0. The van der Waals surface area contributed by atoms with Gasteiger partial charge in [0.1, 0.15) is 0 Å². The molecule has 0 aromatic carbocycles. The number of amides is 1. The summed E-state index contributed by atoms with van der Waals surface area (Å²) in [6, 6.07) is 0. The zero-order valence-corrected chi connectivity index (χ0v) is 19.2. The van der Waals surface area contributed by atoms with Crippen molar-refractivity contribution in [2.24, 2.45) is 0 Å². The molecule has 0 radical (unpaired) electrons. The van der Waals surface area contributed by atoms with E-state index >= 15 is 0 Å². The van der Waals surface area contributed by atoms with Crippen LogP contribution in [-0.2, 0) is 19.0 Å². The van der Waals surface area contributed by atoms with Crippen LogP contribution in [0, 0.1) is 0 Å². The van der Waals surface area contributed by atoms with E-state index in [0.717, 1.165) is 16.4 Å². The summed E-state index contributed by atoms with van der Waals surface area (Å²) in [5.74, 6) is -36.1. The summed E-state index contributed by atoms with van der Waals surface area (Å²) in [5.41, 5.74) is 0. The molecule has 0 spiro atoms. The smallest absolute Gasteiger partial charge is 0.351 e. The van der Waals surface area contributed by atoms with Crippen LogP contribution in [0.5, 0.6) is 0 Å². The van der Waals surface area contributed by atoms with Crippen LogP contribution in [0.2, 0.25) is 0 Å². The topological polar surface area (TPSA) is 56.8 Å². The molecular formula is C15H8F23NO4. The maximum atomic E-state index is 14.3. The lowest BCUT2D eigenvalue weighted by molar-refractivity contribution is -0.577. The molecule has 0 saturated heterocycles. The van der Waals surface area contributed by atoms with Crippen LogP contribution in [0.15, 0.2) is 0 Å². The normalized spacial score (nSPS) is 19.3. The lowest BCUT2D eigenvalue weighted by Crippen LogP contribution is -2.71. The first-order valence-corrected chi connectivity index (χ1v) is 9.59. The molecule has 28 heteroatoms. The van der Waals surface area contributed by atoms with Gasteiger partial charge >= 0.3 is 66.5 Å². The number of rotatable bonds is 12. The van der Waals surface area contributed by atoms with Gasteiger partial charge in [0, 0.05) is 6.54 Å². The van der Waals surface area contributed by atoms with Crippen LogP contribution in [0.25, 0.3) is 0 Å². The maximum Gasteiger partial charge on any atom is 0.462 e. The number of alkyl halides is 23. The molecule has 0 aliphatic heterocycles. The van der Waals surface area contributed by atoms with Crippen LogP contribution >= 0.6 is 0 Å². The first-order valence-electron chi connectivity index (χ1n) is 9.59. The average molecular weight is 703 g/mol. The SMILES string of the molecule is CCCNC(=O)C(F)(OC(F)(F)C(F)(OC(F)(F)C(F)(OC(F)(F)C(F)(F)C(F)(F)F)C(F)(F)F)C(F)(F)F)C(F)(F)F. The van der Waals surface area contributed by atoms with Crippen LogP contribution in [0.4, 0.5) is 101 Å². The third-order valence-corrected chi connectivity index (χ3v) is 4.20. The minimum Gasteiger partial charge on any atom is -0.351 e. The molecule has 1 amide bonds. The van der Waals surface area contributed by atoms with Gasteiger partial charge in [-0.05, 0) is 6.42 Å². The first-order chi connectivity index (χ1) is 18.4. The number of nitrogens with one attached hydrogen (secondary N) is 1. The van der Waals surface area contributed by atoms with Crippen molar-refractivity contribution >= 4 is 5.91 Å². The molecule has 3 unspecified atom stereocenters. The summed E-state index contributed by atoms with van der Waals surface area (Å²) in [4.78, 5) is 11.3.